The SMILES string of the molecule is Nc1c(S(=O)(=O)O)cc(Nc2ccc(S(=O)(=O)O)c(Nc3nc(Cl)nc(Nc4ccccc4S(=O)(=O)O)n3)c2)c2c1C(=O)c1ccccc1C2=O. The molecule has 5 aromatic rings. The van der Waals surface area contributed by atoms with Crippen molar-refractivity contribution in [3.8, 4) is 0 Å². The van der Waals surface area contributed by atoms with Crippen LogP contribution in [0.2, 0.25) is 5.28 Å². The molecule has 0 saturated heterocycles. The second-order valence-electron chi connectivity index (χ2n) is 10.5. The Morgan fingerprint density at radius 3 is 1.67 bits per heavy atom. The number of nitrogens with one attached hydrogen (secondary N) is 3. The molecule has 6 rings (SSSR count). The Kier molecular flexibility index (Phi) is 8.75. The Morgan fingerprint density at radius 1 is 0.569 bits per heavy atom. The topological polar surface area (TPSA) is 298 Å². The molecule has 262 valence electrons. The summed E-state index contributed by atoms with van der Waals surface area (Å²) in [4.78, 5) is 36.7. The van der Waals surface area contributed by atoms with Gasteiger partial charge in [0.05, 0.1) is 33.9 Å². The normalized spacial score (nSPS) is 12.9. The molecule has 0 unspecified atom stereocenters. The van der Waals surface area contributed by atoms with E-state index in [2.05, 4.69) is 30.9 Å². The molecule has 4 aromatic carbocycles. The number of nitrogens with zero attached hydrogens (tertiary/aromatic N) is 3. The maximum absolute atomic E-state index is 13.7. The van der Waals surface area contributed by atoms with Crippen LogP contribution in [0.15, 0.2) is 87.5 Å². The van der Waals surface area contributed by atoms with Crippen LogP contribution in [0.5, 0.6) is 0 Å². The third-order valence-corrected chi connectivity index (χ3v) is 10.2. The maximum Gasteiger partial charge on any atom is 0.296 e. The first-order chi connectivity index (χ1) is 23.8. The van der Waals surface area contributed by atoms with Gasteiger partial charge >= 0.3 is 0 Å². The van der Waals surface area contributed by atoms with E-state index in [0.717, 1.165) is 30.3 Å². The van der Waals surface area contributed by atoms with Gasteiger partial charge in [-0.1, -0.05) is 36.4 Å². The number of rotatable bonds is 9. The molecule has 51 heavy (non-hydrogen) atoms. The Balaban J connectivity index is 1.44. The number of ketones is 2. The van der Waals surface area contributed by atoms with Gasteiger partial charge in [0.1, 0.15) is 14.7 Å². The summed E-state index contributed by atoms with van der Waals surface area (Å²) in [6, 6.07) is 14.8. The van der Waals surface area contributed by atoms with E-state index in [0.29, 0.717) is 0 Å². The molecular formula is C29H20ClN7O11S3. The summed E-state index contributed by atoms with van der Waals surface area (Å²) in [5.41, 5.74) is 3.45. The van der Waals surface area contributed by atoms with Crippen LogP contribution in [0.4, 0.5) is 40.3 Å². The van der Waals surface area contributed by atoms with Gasteiger partial charge in [0.15, 0.2) is 11.6 Å². The van der Waals surface area contributed by atoms with Gasteiger partial charge in [0.2, 0.25) is 17.2 Å². The lowest BCUT2D eigenvalue weighted by Crippen LogP contribution is -2.25. The standard InChI is InChI=1S/C29H20ClN7O11S3/c30-27-35-28(33-16-7-3-4-8-19(16)49(40,41)42)37-29(36-27)34-17-11-13(9-10-20(17)50(43,44)45)32-18-12-21(51(46,47)48)24(31)23-22(18)25(38)14-5-1-2-6-15(14)26(23)39/h1-12,32H,31H2,(H,40,41,42)(H,43,44,45)(H,46,47,48)(H2,33,34,35,36,37). The summed E-state index contributed by atoms with van der Waals surface area (Å²) >= 11 is 6.04. The number of carbonyl (C=O) groups excluding carboxylic acids is 2. The number of para-hydroxylation sites is 1. The zero-order chi connectivity index (χ0) is 37.0. The minimum atomic E-state index is -5.06. The van der Waals surface area contributed by atoms with Crippen LogP contribution in [-0.4, -0.2) is 65.4 Å². The lowest BCUT2D eigenvalue weighted by Gasteiger charge is -2.24. The van der Waals surface area contributed by atoms with Crippen molar-refractivity contribution in [3.05, 3.63) is 100 Å². The van der Waals surface area contributed by atoms with Crippen LogP contribution in [0.25, 0.3) is 0 Å². The van der Waals surface area contributed by atoms with Gasteiger partial charge in [0, 0.05) is 16.8 Å². The van der Waals surface area contributed by atoms with Crippen LogP contribution < -0.4 is 21.7 Å². The van der Waals surface area contributed by atoms with Gasteiger partial charge in [-0.25, -0.2) is 0 Å². The van der Waals surface area contributed by atoms with E-state index < -0.39 is 84.8 Å². The number of benzene rings is 4. The summed E-state index contributed by atoms with van der Waals surface area (Å²) in [6.07, 6.45) is 0. The summed E-state index contributed by atoms with van der Waals surface area (Å²) in [6.45, 7) is 0. The molecular weight excluding hydrogens is 754 g/mol. The monoisotopic (exact) mass is 773 g/mol. The zero-order valence-corrected chi connectivity index (χ0v) is 28.3. The van der Waals surface area contributed by atoms with Crippen molar-refractivity contribution in [3.63, 3.8) is 0 Å². The number of fused-ring (bicyclic) bond motifs is 2. The summed E-state index contributed by atoms with van der Waals surface area (Å²) in [7, 11) is -14.7. The number of aromatic nitrogens is 3. The van der Waals surface area contributed by atoms with Crippen molar-refractivity contribution in [2.24, 2.45) is 0 Å². The first-order valence-electron chi connectivity index (χ1n) is 13.9. The van der Waals surface area contributed by atoms with E-state index >= 15 is 0 Å². The number of carbonyl (C=O) groups is 2. The Labute approximate surface area is 293 Å². The molecule has 0 atom stereocenters. The van der Waals surface area contributed by atoms with Gasteiger partial charge in [0.25, 0.3) is 30.4 Å². The minimum Gasteiger partial charge on any atom is -0.397 e. The number of hydrogen-bond acceptors (Lipinski definition) is 15. The molecule has 1 aliphatic rings. The predicted octanol–water partition coefficient (Wildman–Crippen LogP) is 3.85. The summed E-state index contributed by atoms with van der Waals surface area (Å²) in [5, 5.41) is 7.36. The maximum atomic E-state index is 13.7. The highest BCUT2D eigenvalue weighted by Gasteiger charge is 2.36. The van der Waals surface area contributed by atoms with E-state index in [1.54, 1.807) is 0 Å². The average Bonchev–Trinajstić information content (AvgIpc) is 3.02. The first-order valence-corrected chi connectivity index (χ1v) is 18.6. The smallest absolute Gasteiger partial charge is 0.296 e. The third kappa shape index (κ3) is 6.94. The van der Waals surface area contributed by atoms with Crippen molar-refractivity contribution in [1.82, 2.24) is 15.0 Å². The molecule has 0 bridgehead atoms. The van der Waals surface area contributed by atoms with Crippen LogP contribution in [0.1, 0.15) is 31.8 Å². The summed E-state index contributed by atoms with van der Waals surface area (Å²) in [5.74, 6) is -2.34. The van der Waals surface area contributed by atoms with Gasteiger partial charge in [-0.3, -0.25) is 23.2 Å². The second kappa shape index (κ2) is 12.6. The van der Waals surface area contributed by atoms with Gasteiger partial charge in [-0.15, -0.1) is 0 Å². The van der Waals surface area contributed by atoms with Gasteiger partial charge in [-0.05, 0) is 48.0 Å². The average molecular weight is 774 g/mol. The second-order valence-corrected chi connectivity index (χ2v) is 15.1. The molecule has 0 spiro atoms. The highest BCUT2D eigenvalue weighted by atomic mass is 35.5. The molecule has 8 N–H and O–H groups in total. The van der Waals surface area contributed by atoms with Crippen LogP contribution in [-0.2, 0) is 30.4 Å². The minimum absolute atomic E-state index is 0.0172. The molecule has 0 amide bonds. The molecule has 0 fully saturated rings. The fourth-order valence-electron chi connectivity index (χ4n) is 5.19. The van der Waals surface area contributed by atoms with Gasteiger partial charge < -0.3 is 21.7 Å². The van der Waals surface area contributed by atoms with E-state index in [1.165, 1.54) is 42.5 Å². The molecule has 0 radical (unpaired) electrons. The predicted molar refractivity (Wildman–Crippen MR) is 181 cm³/mol. The molecule has 1 heterocycles. The highest BCUT2D eigenvalue weighted by Crippen LogP contribution is 2.41. The molecule has 0 aliphatic heterocycles. The molecule has 22 heteroatoms. The van der Waals surface area contributed by atoms with Gasteiger partial charge in [-0.2, -0.15) is 40.2 Å². The largest absolute Gasteiger partial charge is 0.397 e. The number of halogens is 1. The van der Waals surface area contributed by atoms with Crippen LogP contribution >= 0.6 is 11.6 Å². The van der Waals surface area contributed by atoms with Crippen LogP contribution in [0, 0.1) is 0 Å². The molecule has 18 nitrogen and oxygen atoms in total. The van der Waals surface area contributed by atoms with Crippen molar-refractivity contribution >= 4 is 93.9 Å². The zero-order valence-electron chi connectivity index (χ0n) is 25.1. The fraction of sp³-hybridized carbons (Fsp3) is 0. The molecule has 1 aliphatic carbocycles. The Bertz CT molecular complexity index is 2670. The first kappa shape index (κ1) is 35.3. The Hall–Kier alpha value is -5.55. The van der Waals surface area contributed by atoms with Crippen molar-refractivity contribution in [2.75, 3.05) is 21.7 Å². The number of hydrogen-bond donors (Lipinski definition) is 7. The van der Waals surface area contributed by atoms with E-state index in [4.69, 9.17) is 17.3 Å². The lowest BCUT2D eigenvalue weighted by molar-refractivity contribution is 0.0980. The fourth-order valence-corrected chi connectivity index (χ4v) is 7.27. The van der Waals surface area contributed by atoms with Crippen molar-refractivity contribution in [2.45, 2.75) is 14.7 Å². The lowest BCUT2D eigenvalue weighted by atomic mass is 9.82. The van der Waals surface area contributed by atoms with E-state index in [1.807, 2.05) is 0 Å². The molecule has 1 aromatic heterocycles. The van der Waals surface area contributed by atoms with E-state index in [-0.39, 0.29) is 39.7 Å². The number of nitrogen functional groups attached to an aromatic ring is 1. The van der Waals surface area contributed by atoms with Crippen molar-refractivity contribution < 1.29 is 48.5 Å². The van der Waals surface area contributed by atoms with E-state index in [9.17, 15) is 48.5 Å². The quantitative estimate of drug-likeness (QED) is 0.0810. The molecule has 0 saturated carbocycles. The Morgan fingerprint density at radius 2 is 1.08 bits per heavy atom. The summed E-state index contributed by atoms with van der Waals surface area (Å²) < 4.78 is 102. The number of anilines is 7. The van der Waals surface area contributed by atoms with Crippen molar-refractivity contribution in [1.29, 1.82) is 0 Å². The van der Waals surface area contributed by atoms with Crippen LogP contribution in [0.3, 0.4) is 0 Å². The third-order valence-electron chi connectivity index (χ3n) is 7.28. The number of nitrogens with two attached hydrogens (primary N) is 1. The highest BCUT2D eigenvalue weighted by molar-refractivity contribution is 7.86.